The van der Waals surface area contributed by atoms with E-state index in [-0.39, 0.29) is 15.5 Å². The molecule has 0 atom stereocenters. The van der Waals surface area contributed by atoms with Crippen molar-refractivity contribution in [1.82, 2.24) is 8.94 Å². The predicted molar refractivity (Wildman–Crippen MR) is 74.8 cm³/mol. The van der Waals surface area contributed by atoms with E-state index in [0.29, 0.717) is 5.69 Å². The molecule has 2 heterocycles. The smallest absolute Gasteiger partial charge is 0.340 e. The summed E-state index contributed by atoms with van der Waals surface area (Å²) in [5.41, 5.74) is 0.213. The lowest BCUT2D eigenvalue weighted by Crippen LogP contribution is -2.27. The van der Waals surface area contributed by atoms with Crippen molar-refractivity contribution in [2.24, 2.45) is 7.05 Å². The van der Waals surface area contributed by atoms with E-state index in [9.17, 15) is 13.2 Å². The van der Waals surface area contributed by atoms with Gasteiger partial charge in [-0.2, -0.15) is 4.37 Å². The average Bonchev–Trinajstić information content (AvgIpc) is 2.94. The van der Waals surface area contributed by atoms with Gasteiger partial charge >= 0.3 is 5.97 Å². The summed E-state index contributed by atoms with van der Waals surface area (Å²) >= 11 is 0.850. The molecule has 7 nitrogen and oxygen atoms in total. The molecule has 0 unspecified atom stereocenters. The number of carboxylic acids is 1. The average molecular weight is 315 g/mol. The monoisotopic (exact) mass is 315 g/mol. The second-order valence-corrected chi connectivity index (χ2v) is 6.96. The number of aromatic nitrogens is 2. The van der Waals surface area contributed by atoms with E-state index in [4.69, 9.17) is 5.11 Å². The standard InChI is InChI=1S/C11H13N3O4S2/c1-7-9(11(15)16)10(19-12-7)14(3)20(17,18)8-4-5-13(2)6-8/h4-6H,1-3H3,(H,15,16). The maximum absolute atomic E-state index is 12.4. The zero-order valence-corrected chi connectivity index (χ0v) is 12.7. The van der Waals surface area contributed by atoms with Crippen LogP contribution in [-0.4, -0.2) is 35.5 Å². The first-order valence-corrected chi connectivity index (χ1v) is 7.77. The van der Waals surface area contributed by atoms with Gasteiger partial charge in [-0.15, -0.1) is 0 Å². The zero-order chi connectivity index (χ0) is 15.1. The lowest BCUT2D eigenvalue weighted by atomic mass is 10.2. The van der Waals surface area contributed by atoms with Gasteiger partial charge in [-0.25, -0.2) is 13.2 Å². The number of sulfonamides is 1. The normalized spacial score (nSPS) is 11.6. The number of nitrogens with zero attached hydrogens (tertiary/aromatic N) is 3. The molecule has 2 aromatic rings. The third-order valence-electron chi connectivity index (χ3n) is 2.81. The predicted octanol–water partition coefficient (Wildman–Crippen LogP) is 1.31. The highest BCUT2D eigenvalue weighted by Gasteiger charge is 2.29. The molecule has 108 valence electrons. The van der Waals surface area contributed by atoms with Crippen molar-refractivity contribution in [2.45, 2.75) is 11.8 Å². The summed E-state index contributed by atoms with van der Waals surface area (Å²) in [4.78, 5) is 11.3. The van der Waals surface area contributed by atoms with Gasteiger partial charge in [0.25, 0.3) is 10.0 Å². The molecular formula is C11H13N3O4S2. The summed E-state index contributed by atoms with van der Waals surface area (Å²) in [6.45, 7) is 1.53. The molecule has 0 bridgehead atoms. The topological polar surface area (TPSA) is 92.5 Å². The number of hydrogen-bond acceptors (Lipinski definition) is 5. The Kier molecular flexibility index (Phi) is 3.57. The minimum absolute atomic E-state index is 0.0861. The van der Waals surface area contributed by atoms with Crippen LogP contribution in [0.15, 0.2) is 23.4 Å². The van der Waals surface area contributed by atoms with Gasteiger partial charge in [0, 0.05) is 26.5 Å². The van der Waals surface area contributed by atoms with Crippen LogP contribution in [0, 0.1) is 6.92 Å². The van der Waals surface area contributed by atoms with Crippen molar-refractivity contribution < 1.29 is 18.3 Å². The molecule has 0 spiro atoms. The highest BCUT2D eigenvalue weighted by molar-refractivity contribution is 7.93. The fourth-order valence-electron chi connectivity index (χ4n) is 1.72. The van der Waals surface area contributed by atoms with E-state index >= 15 is 0 Å². The summed E-state index contributed by atoms with van der Waals surface area (Å²) < 4.78 is 31.3. The van der Waals surface area contributed by atoms with Crippen molar-refractivity contribution in [2.75, 3.05) is 11.4 Å². The van der Waals surface area contributed by atoms with Gasteiger partial charge in [0.15, 0.2) is 0 Å². The largest absolute Gasteiger partial charge is 0.478 e. The molecule has 0 aromatic carbocycles. The Balaban J connectivity index is 2.51. The van der Waals surface area contributed by atoms with Crippen LogP contribution >= 0.6 is 11.5 Å². The summed E-state index contributed by atoms with van der Waals surface area (Å²) in [5.74, 6) is -1.19. The molecule has 2 aromatic heterocycles. The van der Waals surface area contributed by atoms with Crippen molar-refractivity contribution in [3.8, 4) is 0 Å². The van der Waals surface area contributed by atoms with Gasteiger partial charge in [0.1, 0.15) is 15.5 Å². The molecule has 9 heteroatoms. The summed E-state index contributed by atoms with van der Waals surface area (Å²) in [6, 6.07) is 1.46. The molecular weight excluding hydrogens is 302 g/mol. The quantitative estimate of drug-likeness (QED) is 0.918. The maximum Gasteiger partial charge on any atom is 0.340 e. The molecule has 0 saturated carbocycles. The molecule has 1 N–H and O–H groups in total. The van der Waals surface area contributed by atoms with Gasteiger partial charge in [-0.1, -0.05) is 0 Å². The highest BCUT2D eigenvalue weighted by Crippen LogP contribution is 2.31. The number of hydrogen-bond donors (Lipinski definition) is 1. The second-order valence-electron chi connectivity index (χ2n) is 4.24. The molecule has 0 aliphatic carbocycles. The van der Waals surface area contributed by atoms with E-state index < -0.39 is 16.0 Å². The fourth-order valence-corrected chi connectivity index (χ4v) is 4.03. The number of aromatic carboxylic acids is 1. The SMILES string of the molecule is Cc1nsc(N(C)S(=O)(=O)c2ccn(C)c2)c1C(=O)O. The molecule has 0 saturated heterocycles. The molecule has 20 heavy (non-hydrogen) atoms. The van der Waals surface area contributed by atoms with Crippen molar-refractivity contribution in [1.29, 1.82) is 0 Å². The first-order chi connectivity index (χ1) is 9.25. The second kappa shape index (κ2) is 4.91. The van der Waals surface area contributed by atoms with E-state index in [0.717, 1.165) is 15.8 Å². The molecule has 0 fully saturated rings. The number of anilines is 1. The Morgan fingerprint density at radius 2 is 2.15 bits per heavy atom. The lowest BCUT2D eigenvalue weighted by Gasteiger charge is -2.17. The molecule has 0 aliphatic heterocycles. The van der Waals surface area contributed by atoms with Crippen molar-refractivity contribution >= 4 is 32.5 Å². The van der Waals surface area contributed by atoms with Gasteiger partial charge in [-0.3, -0.25) is 4.31 Å². The zero-order valence-electron chi connectivity index (χ0n) is 11.1. The first-order valence-electron chi connectivity index (χ1n) is 5.55. The van der Waals surface area contributed by atoms with Crippen LogP contribution in [0.25, 0.3) is 0 Å². The first kappa shape index (κ1) is 14.5. The summed E-state index contributed by atoms with van der Waals surface area (Å²) in [5, 5.41) is 9.26. The molecule has 0 aliphatic rings. The van der Waals surface area contributed by atoms with Gasteiger partial charge in [0.05, 0.1) is 5.69 Å². The van der Waals surface area contributed by atoms with Crippen LogP contribution < -0.4 is 4.31 Å². The number of aryl methyl sites for hydroxylation is 2. The van der Waals surface area contributed by atoms with Gasteiger partial charge < -0.3 is 9.67 Å². The van der Waals surface area contributed by atoms with Crippen LogP contribution in [0.5, 0.6) is 0 Å². The van der Waals surface area contributed by atoms with E-state index in [1.165, 1.54) is 26.2 Å². The van der Waals surface area contributed by atoms with Gasteiger partial charge in [0.2, 0.25) is 0 Å². The summed E-state index contributed by atoms with van der Waals surface area (Å²) in [7, 11) is -0.766. The minimum Gasteiger partial charge on any atom is -0.478 e. The van der Waals surface area contributed by atoms with Crippen LogP contribution in [0.2, 0.25) is 0 Å². The van der Waals surface area contributed by atoms with Crippen LogP contribution in [-0.2, 0) is 17.1 Å². The lowest BCUT2D eigenvalue weighted by molar-refractivity contribution is 0.0697. The van der Waals surface area contributed by atoms with E-state index in [1.54, 1.807) is 17.8 Å². The van der Waals surface area contributed by atoms with Crippen molar-refractivity contribution in [3.05, 3.63) is 29.7 Å². The third kappa shape index (κ3) is 2.29. The van der Waals surface area contributed by atoms with Crippen molar-refractivity contribution in [3.63, 3.8) is 0 Å². The molecule has 0 amide bonds. The van der Waals surface area contributed by atoms with Crippen LogP contribution in [0.1, 0.15) is 16.1 Å². The Bertz CT molecular complexity index is 760. The third-order valence-corrected chi connectivity index (χ3v) is 5.68. The Labute approximate surface area is 120 Å². The number of carbonyl (C=O) groups is 1. The van der Waals surface area contributed by atoms with E-state index in [1.807, 2.05) is 0 Å². The Hall–Kier alpha value is -1.87. The molecule has 0 radical (unpaired) electrons. The number of rotatable bonds is 4. The minimum atomic E-state index is -3.79. The summed E-state index contributed by atoms with van der Waals surface area (Å²) in [6.07, 6.45) is 3.07. The van der Waals surface area contributed by atoms with Crippen LogP contribution in [0.3, 0.4) is 0 Å². The van der Waals surface area contributed by atoms with E-state index in [2.05, 4.69) is 4.37 Å². The highest BCUT2D eigenvalue weighted by atomic mass is 32.2. The Morgan fingerprint density at radius 1 is 1.50 bits per heavy atom. The van der Waals surface area contributed by atoms with Crippen LogP contribution in [0.4, 0.5) is 5.00 Å². The fraction of sp³-hybridized carbons (Fsp3) is 0.273. The molecule has 2 rings (SSSR count). The number of carboxylic acid groups (broad SMARTS) is 1. The van der Waals surface area contributed by atoms with Gasteiger partial charge in [-0.05, 0) is 24.5 Å². The Morgan fingerprint density at radius 3 is 2.65 bits per heavy atom. The maximum atomic E-state index is 12.4.